The smallest absolute Gasteiger partial charge is 0.340 e. The number of amides is 1. The van der Waals surface area contributed by atoms with Crippen molar-refractivity contribution in [2.45, 2.75) is 40.0 Å². The third-order valence-electron chi connectivity index (χ3n) is 4.70. The molecule has 1 amide bonds. The summed E-state index contributed by atoms with van der Waals surface area (Å²) in [6, 6.07) is 8.66. The lowest BCUT2D eigenvalue weighted by Gasteiger charge is -2.34. The summed E-state index contributed by atoms with van der Waals surface area (Å²) in [4.78, 5) is 27.0. The highest BCUT2D eigenvalue weighted by molar-refractivity contribution is 6.09. The molecule has 1 N–H and O–H groups in total. The zero-order chi connectivity index (χ0) is 20.5. The number of para-hydroxylation sites is 1. The second-order valence-corrected chi connectivity index (χ2v) is 7.54. The van der Waals surface area contributed by atoms with Crippen LogP contribution >= 0.6 is 0 Å². The molecule has 6 nitrogen and oxygen atoms in total. The molecular weight excluding hydrogens is 354 g/mol. The van der Waals surface area contributed by atoms with Gasteiger partial charge in [0.25, 0.3) is 5.91 Å². The third-order valence-corrected chi connectivity index (χ3v) is 4.70. The molecule has 1 aliphatic heterocycles. The Balaban J connectivity index is 2.11. The van der Waals surface area contributed by atoms with Crippen molar-refractivity contribution in [1.29, 1.82) is 5.26 Å². The van der Waals surface area contributed by atoms with E-state index in [0.717, 1.165) is 32.4 Å². The lowest BCUT2D eigenvalue weighted by Crippen LogP contribution is -2.35. The van der Waals surface area contributed by atoms with E-state index >= 15 is 0 Å². The van der Waals surface area contributed by atoms with Crippen molar-refractivity contribution >= 4 is 17.6 Å². The molecule has 0 spiro atoms. The van der Waals surface area contributed by atoms with Gasteiger partial charge < -0.3 is 15.0 Å². The first-order chi connectivity index (χ1) is 13.4. The standard InChI is InChI=1S/C22H29N3O3/c1-4-5-10-28-22(27)19-8-6-7-9-20(19)24-21(26)18(12-23)15-25-13-16(2)11-17(3)14-25/h6-9,15-17H,4-5,10-11,13-14H2,1-3H3,(H,24,26)/b18-15-. The van der Waals surface area contributed by atoms with Crippen LogP contribution < -0.4 is 5.32 Å². The largest absolute Gasteiger partial charge is 0.462 e. The van der Waals surface area contributed by atoms with Gasteiger partial charge in [0.05, 0.1) is 17.9 Å². The number of benzene rings is 1. The number of ether oxygens (including phenoxy) is 1. The molecule has 1 heterocycles. The molecule has 2 unspecified atom stereocenters. The summed E-state index contributed by atoms with van der Waals surface area (Å²) in [5, 5.41) is 12.1. The fraction of sp³-hybridized carbons (Fsp3) is 0.500. The Labute approximate surface area is 167 Å². The molecule has 0 bridgehead atoms. The average molecular weight is 383 g/mol. The molecule has 1 aromatic rings. The molecule has 1 saturated heterocycles. The van der Waals surface area contributed by atoms with Crippen molar-refractivity contribution in [3.63, 3.8) is 0 Å². The Morgan fingerprint density at radius 3 is 2.61 bits per heavy atom. The van der Waals surface area contributed by atoms with Gasteiger partial charge >= 0.3 is 5.97 Å². The number of likely N-dealkylation sites (tertiary alicyclic amines) is 1. The number of nitriles is 1. The molecule has 2 rings (SSSR count). The molecule has 2 atom stereocenters. The third kappa shape index (κ3) is 6.12. The molecule has 28 heavy (non-hydrogen) atoms. The average Bonchev–Trinajstić information content (AvgIpc) is 2.65. The van der Waals surface area contributed by atoms with Crippen LogP contribution in [0, 0.1) is 23.2 Å². The van der Waals surface area contributed by atoms with E-state index in [4.69, 9.17) is 4.74 Å². The van der Waals surface area contributed by atoms with Gasteiger partial charge in [-0.05, 0) is 36.8 Å². The second-order valence-electron chi connectivity index (χ2n) is 7.54. The van der Waals surface area contributed by atoms with E-state index in [9.17, 15) is 14.9 Å². The van der Waals surface area contributed by atoms with Crippen LogP contribution in [0.1, 0.15) is 50.4 Å². The van der Waals surface area contributed by atoms with Crippen LogP contribution in [0.4, 0.5) is 5.69 Å². The highest BCUT2D eigenvalue weighted by atomic mass is 16.5. The van der Waals surface area contributed by atoms with Gasteiger partial charge in [-0.25, -0.2) is 4.79 Å². The number of rotatable bonds is 7. The number of hydrogen-bond acceptors (Lipinski definition) is 5. The predicted molar refractivity (Wildman–Crippen MR) is 108 cm³/mol. The summed E-state index contributed by atoms with van der Waals surface area (Å²) in [6.07, 6.45) is 4.49. The fourth-order valence-electron chi connectivity index (χ4n) is 3.48. The van der Waals surface area contributed by atoms with E-state index in [0.29, 0.717) is 24.1 Å². The topological polar surface area (TPSA) is 82.4 Å². The normalized spacial score (nSPS) is 19.6. The number of esters is 1. The minimum Gasteiger partial charge on any atom is -0.462 e. The molecule has 0 saturated carbocycles. The Kier molecular flexibility index (Phi) is 8.06. The monoisotopic (exact) mass is 383 g/mol. The van der Waals surface area contributed by atoms with Crippen molar-refractivity contribution in [3.05, 3.63) is 41.6 Å². The highest BCUT2D eigenvalue weighted by Crippen LogP contribution is 2.22. The first-order valence-corrected chi connectivity index (χ1v) is 9.88. The van der Waals surface area contributed by atoms with E-state index in [1.165, 1.54) is 0 Å². The van der Waals surface area contributed by atoms with E-state index in [1.807, 2.05) is 17.9 Å². The zero-order valence-electron chi connectivity index (χ0n) is 16.9. The summed E-state index contributed by atoms with van der Waals surface area (Å²) in [5.74, 6) is 0.0240. The van der Waals surface area contributed by atoms with Gasteiger partial charge in [0.15, 0.2) is 0 Å². The first kappa shape index (κ1) is 21.5. The molecule has 0 aromatic heterocycles. The van der Waals surface area contributed by atoms with Crippen LogP contribution in [0.3, 0.4) is 0 Å². The summed E-state index contributed by atoms with van der Waals surface area (Å²) in [7, 11) is 0. The van der Waals surface area contributed by atoms with Gasteiger partial charge in [-0.15, -0.1) is 0 Å². The lowest BCUT2D eigenvalue weighted by molar-refractivity contribution is -0.112. The Hall–Kier alpha value is -2.81. The zero-order valence-corrected chi connectivity index (χ0v) is 16.9. The van der Waals surface area contributed by atoms with Crippen LogP contribution in [0.2, 0.25) is 0 Å². The minimum atomic E-state index is -0.526. The van der Waals surface area contributed by atoms with Crippen molar-refractivity contribution in [1.82, 2.24) is 4.90 Å². The van der Waals surface area contributed by atoms with Gasteiger partial charge in [-0.2, -0.15) is 5.26 Å². The Bertz CT molecular complexity index is 757. The quantitative estimate of drug-likeness (QED) is 0.333. The van der Waals surface area contributed by atoms with Crippen LogP contribution in [0.5, 0.6) is 0 Å². The van der Waals surface area contributed by atoms with E-state index in [1.54, 1.807) is 30.5 Å². The summed E-state index contributed by atoms with van der Waals surface area (Å²) in [6.45, 7) is 8.34. The fourth-order valence-corrected chi connectivity index (χ4v) is 3.48. The Morgan fingerprint density at radius 1 is 1.29 bits per heavy atom. The van der Waals surface area contributed by atoms with Gasteiger partial charge in [-0.1, -0.05) is 39.3 Å². The molecule has 1 aliphatic rings. The number of carbonyl (C=O) groups excluding carboxylic acids is 2. The first-order valence-electron chi connectivity index (χ1n) is 9.88. The van der Waals surface area contributed by atoms with E-state index < -0.39 is 11.9 Å². The summed E-state index contributed by atoms with van der Waals surface area (Å²) >= 11 is 0. The Morgan fingerprint density at radius 2 is 1.96 bits per heavy atom. The summed E-state index contributed by atoms with van der Waals surface area (Å²) in [5.41, 5.74) is 0.649. The number of nitrogens with zero attached hydrogens (tertiary/aromatic N) is 2. The maximum Gasteiger partial charge on any atom is 0.340 e. The van der Waals surface area contributed by atoms with Gasteiger partial charge in [0, 0.05) is 19.3 Å². The van der Waals surface area contributed by atoms with Crippen LogP contribution in [0.25, 0.3) is 0 Å². The van der Waals surface area contributed by atoms with Gasteiger partial charge in [0.1, 0.15) is 11.6 Å². The minimum absolute atomic E-state index is 0.0236. The number of piperidine rings is 1. The van der Waals surface area contributed by atoms with Gasteiger partial charge in [0.2, 0.25) is 0 Å². The predicted octanol–water partition coefficient (Wildman–Crippen LogP) is 3.97. The molecule has 1 aromatic carbocycles. The molecular formula is C22H29N3O3. The molecule has 0 aliphatic carbocycles. The van der Waals surface area contributed by atoms with Crippen molar-refractivity contribution in [2.24, 2.45) is 11.8 Å². The molecule has 1 fully saturated rings. The van der Waals surface area contributed by atoms with Crippen LogP contribution in [-0.2, 0) is 9.53 Å². The van der Waals surface area contributed by atoms with Crippen molar-refractivity contribution < 1.29 is 14.3 Å². The second kappa shape index (κ2) is 10.5. The SMILES string of the molecule is CCCCOC(=O)c1ccccc1NC(=O)/C(C#N)=C\N1CC(C)CC(C)C1. The number of hydrogen-bond donors (Lipinski definition) is 1. The number of anilines is 1. The lowest BCUT2D eigenvalue weighted by atomic mass is 9.92. The van der Waals surface area contributed by atoms with Crippen LogP contribution in [-0.4, -0.2) is 36.5 Å². The van der Waals surface area contributed by atoms with Crippen molar-refractivity contribution in [3.8, 4) is 6.07 Å². The van der Waals surface area contributed by atoms with Gasteiger partial charge in [-0.3, -0.25) is 4.79 Å². The number of carbonyl (C=O) groups is 2. The number of unbranched alkanes of at least 4 members (excludes halogenated alkanes) is 1. The molecule has 6 heteroatoms. The van der Waals surface area contributed by atoms with E-state index in [-0.39, 0.29) is 11.1 Å². The van der Waals surface area contributed by atoms with Crippen LogP contribution in [0.15, 0.2) is 36.0 Å². The van der Waals surface area contributed by atoms with E-state index in [2.05, 4.69) is 19.2 Å². The summed E-state index contributed by atoms with van der Waals surface area (Å²) < 4.78 is 5.24. The maximum atomic E-state index is 12.6. The molecule has 150 valence electrons. The maximum absolute atomic E-state index is 12.6. The van der Waals surface area contributed by atoms with Crippen molar-refractivity contribution in [2.75, 3.05) is 25.0 Å². The number of nitrogens with one attached hydrogen (secondary N) is 1. The highest BCUT2D eigenvalue weighted by Gasteiger charge is 2.22. The molecule has 0 radical (unpaired) electrons.